The van der Waals surface area contributed by atoms with E-state index < -0.39 is 0 Å². The zero-order chi connectivity index (χ0) is 17.9. The van der Waals surface area contributed by atoms with E-state index >= 15 is 0 Å². The minimum Gasteiger partial charge on any atom is -0.300 e. The van der Waals surface area contributed by atoms with Gasteiger partial charge < -0.3 is 4.90 Å². The normalized spacial score (nSPS) is 17.5. The van der Waals surface area contributed by atoms with E-state index in [0.29, 0.717) is 11.6 Å². The van der Waals surface area contributed by atoms with Crippen LogP contribution < -0.4 is 0 Å². The topological polar surface area (TPSA) is 52.8 Å². The molecular formula is C22H22N4. The molecule has 3 aromatic rings. The molecule has 4 rings (SSSR count). The summed E-state index contributed by atoms with van der Waals surface area (Å²) in [5.41, 5.74) is 4.76. The first-order valence-electron chi connectivity index (χ1n) is 9.22. The number of aromatic nitrogens is 2. The van der Waals surface area contributed by atoms with Crippen LogP contribution in [0.15, 0.2) is 48.8 Å². The number of rotatable bonds is 4. The molecule has 0 saturated carbocycles. The molecule has 1 unspecified atom stereocenters. The lowest BCUT2D eigenvalue weighted by molar-refractivity contribution is 0.271. The smallest absolute Gasteiger partial charge is 0.101 e. The monoisotopic (exact) mass is 342 g/mol. The molecule has 0 aliphatic carbocycles. The second-order valence-corrected chi connectivity index (χ2v) is 7.06. The predicted octanol–water partition coefficient (Wildman–Crippen LogP) is 4.20. The van der Waals surface area contributed by atoms with Crippen molar-refractivity contribution < 1.29 is 0 Å². The van der Waals surface area contributed by atoms with Gasteiger partial charge in [-0.3, -0.25) is 9.97 Å². The van der Waals surface area contributed by atoms with Crippen molar-refractivity contribution in [3.8, 4) is 17.2 Å². The van der Waals surface area contributed by atoms with E-state index in [1.807, 2.05) is 6.07 Å². The first kappa shape index (κ1) is 16.7. The van der Waals surface area contributed by atoms with Crippen molar-refractivity contribution >= 4 is 10.9 Å². The number of nitriles is 1. The third-order valence-electron chi connectivity index (χ3n) is 5.29. The van der Waals surface area contributed by atoms with Crippen LogP contribution in [0, 0.1) is 11.3 Å². The largest absolute Gasteiger partial charge is 0.300 e. The van der Waals surface area contributed by atoms with Gasteiger partial charge in [0.25, 0.3) is 0 Å². The lowest BCUT2D eigenvalue weighted by atomic mass is 10.0. The molecule has 130 valence electrons. The summed E-state index contributed by atoms with van der Waals surface area (Å²) in [5, 5.41) is 10.2. The van der Waals surface area contributed by atoms with Crippen LogP contribution in [0.25, 0.3) is 22.0 Å². The van der Waals surface area contributed by atoms with Crippen molar-refractivity contribution in [2.24, 2.45) is 0 Å². The fourth-order valence-corrected chi connectivity index (χ4v) is 3.73. The van der Waals surface area contributed by atoms with Gasteiger partial charge in [0.1, 0.15) is 6.07 Å². The van der Waals surface area contributed by atoms with Crippen molar-refractivity contribution in [2.75, 3.05) is 13.1 Å². The minimum atomic E-state index is 0.576. The van der Waals surface area contributed by atoms with Gasteiger partial charge in [0, 0.05) is 48.0 Å². The third-order valence-corrected chi connectivity index (χ3v) is 5.29. The van der Waals surface area contributed by atoms with Gasteiger partial charge in [0.2, 0.25) is 0 Å². The molecular weight excluding hydrogens is 320 g/mol. The SMILES string of the molecule is CC1CCCN1CCc1ccc2cc(-c3cncc(C#N)c3)ccc2n1. The van der Waals surface area contributed by atoms with Gasteiger partial charge in [-0.1, -0.05) is 12.1 Å². The van der Waals surface area contributed by atoms with Crippen molar-refractivity contribution in [2.45, 2.75) is 32.2 Å². The maximum Gasteiger partial charge on any atom is 0.101 e. The highest BCUT2D eigenvalue weighted by Gasteiger charge is 2.19. The zero-order valence-corrected chi connectivity index (χ0v) is 15.0. The average molecular weight is 342 g/mol. The highest BCUT2D eigenvalue weighted by molar-refractivity contribution is 5.84. The molecule has 1 aliphatic rings. The Kier molecular flexibility index (Phi) is 4.64. The maximum absolute atomic E-state index is 9.05. The van der Waals surface area contributed by atoms with Crippen LogP contribution in [0.5, 0.6) is 0 Å². The number of pyridine rings is 2. The van der Waals surface area contributed by atoms with Crippen molar-refractivity contribution in [3.63, 3.8) is 0 Å². The Labute approximate surface area is 154 Å². The lowest BCUT2D eigenvalue weighted by Gasteiger charge is -2.20. The van der Waals surface area contributed by atoms with Crippen LogP contribution in [0.1, 0.15) is 31.0 Å². The molecule has 0 amide bonds. The number of fused-ring (bicyclic) bond motifs is 1. The molecule has 3 heterocycles. The van der Waals surface area contributed by atoms with Crippen molar-refractivity contribution in [3.05, 3.63) is 60.0 Å². The van der Waals surface area contributed by atoms with E-state index in [1.165, 1.54) is 19.4 Å². The second-order valence-electron chi connectivity index (χ2n) is 7.06. The number of hydrogen-bond donors (Lipinski definition) is 0. The van der Waals surface area contributed by atoms with Crippen LogP contribution in [0.2, 0.25) is 0 Å². The molecule has 0 bridgehead atoms. The molecule has 2 aromatic heterocycles. The predicted molar refractivity (Wildman–Crippen MR) is 104 cm³/mol. The number of likely N-dealkylation sites (tertiary alicyclic amines) is 1. The summed E-state index contributed by atoms with van der Waals surface area (Å²) < 4.78 is 0. The highest BCUT2D eigenvalue weighted by Crippen LogP contribution is 2.24. The quantitative estimate of drug-likeness (QED) is 0.713. The van der Waals surface area contributed by atoms with Gasteiger partial charge in [-0.05, 0) is 56.1 Å². The second kappa shape index (κ2) is 7.23. The summed E-state index contributed by atoms with van der Waals surface area (Å²) in [6.07, 6.45) is 7.00. The van der Waals surface area contributed by atoms with Gasteiger partial charge >= 0.3 is 0 Å². The fraction of sp³-hybridized carbons (Fsp3) is 0.318. The molecule has 0 radical (unpaired) electrons. The van der Waals surface area contributed by atoms with Gasteiger partial charge in [-0.15, -0.1) is 0 Å². The van der Waals surface area contributed by atoms with Crippen molar-refractivity contribution in [1.29, 1.82) is 5.26 Å². The molecule has 1 aliphatic heterocycles. The number of benzene rings is 1. The van der Waals surface area contributed by atoms with E-state index in [-0.39, 0.29) is 0 Å². The van der Waals surface area contributed by atoms with E-state index in [0.717, 1.165) is 40.7 Å². The molecule has 0 spiro atoms. The molecule has 4 nitrogen and oxygen atoms in total. The van der Waals surface area contributed by atoms with E-state index in [2.05, 4.69) is 53.2 Å². The Balaban J connectivity index is 1.55. The Hall–Kier alpha value is -2.77. The molecule has 1 aromatic carbocycles. The van der Waals surface area contributed by atoms with Gasteiger partial charge in [-0.25, -0.2) is 0 Å². The Morgan fingerprint density at radius 3 is 2.88 bits per heavy atom. The summed E-state index contributed by atoms with van der Waals surface area (Å²) >= 11 is 0. The number of nitrogens with zero attached hydrogens (tertiary/aromatic N) is 4. The third kappa shape index (κ3) is 3.44. The average Bonchev–Trinajstić information content (AvgIpc) is 3.10. The number of hydrogen-bond acceptors (Lipinski definition) is 4. The van der Waals surface area contributed by atoms with Crippen LogP contribution in [-0.4, -0.2) is 34.0 Å². The molecule has 1 saturated heterocycles. The van der Waals surface area contributed by atoms with E-state index in [9.17, 15) is 0 Å². The molecule has 1 fully saturated rings. The molecule has 0 N–H and O–H groups in total. The highest BCUT2D eigenvalue weighted by atomic mass is 15.2. The molecule has 4 heteroatoms. The van der Waals surface area contributed by atoms with Gasteiger partial charge in [0.15, 0.2) is 0 Å². The standard InChI is InChI=1S/C22H22N4/c1-16-3-2-9-26(16)10-8-21-6-4-19-12-18(5-7-22(19)25-21)20-11-17(13-23)14-24-15-20/h4-7,11-12,14-16H,2-3,8-10H2,1H3. The Morgan fingerprint density at radius 1 is 1.15 bits per heavy atom. The van der Waals surface area contributed by atoms with Crippen LogP contribution in [-0.2, 0) is 6.42 Å². The minimum absolute atomic E-state index is 0.576. The summed E-state index contributed by atoms with van der Waals surface area (Å²) in [4.78, 5) is 11.5. The van der Waals surface area contributed by atoms with E-state index in [1.54, 1.807) is 12.4 Å². The van der Waals surface area contributed by atoms with Crippen LogP contribution in [0.3, 0.4) is 0 Å². The first-order valence-corrected chi connectivity index (χ1v) is 9.22. The van der Waals surface area contributed by atoms with Crippen LogP contribution in [0.4, 0.5) is 0 Å². The summed E-state index contributed by atoms with van der Waals surface area (Å²) in [6.45, 7) is 4.62. The van der Waals surface area contributed by atoms with E-state index in [4.69, 9.17) is 10.2 Å². The van der Waals surface area contributed by atoms with Crippen molar-refractivity contribution in [1.82, 2.24) is 14.9 Å². The molecule has 26 heavy (non-hydrogen) atoms. The summed E-state index contributed by atoms with van der Waals surface area (Å²) in [7, 11) is 0. The van der Waals surface area contributed by atoms with Gasteiger partial charge in [-0.2, -0.15) is 5.26 Å². The fourth-order valence-electron chi connectivity index (χ4n) is 3.73. The lowest BCUT2D eigenvalue weighted by Crippen LogP contribution is -2.29. The zero-order valence-electron chi connectivity index (χ0n) is 15.0. The molecule has 1 atom stereocenters. The van der Waals surface area contributed by atoms with Gasteiger partial charge in [0.05, 0.1) is 11.1 Å². The summed E-state index contributed by atoms with van der Waals surface area (Å²) in [6, 6.07) is 15.2. The Bertz CT molecular complexity index is 973. The maximum atomic E-state index is 9.05. The van der Waals surface area contributed by atoms with Crippen LogP contribution >= 0.6 is 0 Å². The summed E-state index contributed by atoms with van der Waals surface area (Å²) in [5.74, 6) is 0. The Morgan fingerprint density at radius 2 is 2.08 bits per heavy atom. The first-order chi connectivity index (χ1) is 12.7.